The van der Waals surface area contributed by atoms with Crippen LogP contribution in [-0.2, 0) is 9.53 Å². The highest BCUT2D eigenvalue weighted by Gasteiger charge is 2.25. The lowest BCUT2D eigenvalue weighted by molar-refractivity contribution is -0.128. The van der Waals surface area contributed by atoms with Crippen molar-refractivity contribution in [3.05, 3.63) is 12.2 Å². The summed E-state index contributed by atoms with van der Waals surface area (Å²) in [5, 5.41) is 0. The zero-order chi connectivity index (χ0) is 15.2. The highest BCUT2D eigenvalue weighted by atomic mass is 16.5. The van der Waals surface area contributed by atoms with Crippen LogP contribution in [-0.4, -0.2) is 61.6 Å². The van der Waals surface area contributed by atoms with Gasteiger partial charge in [0.15, 0.2) is 0 Å². The van der Waals surface area contributed by atoms with Crippen LogP contribution in [0.2, 0.25) is 0 Å². The summed E-state index contributed by atoms with van der Waals surface area (Å²) in [6.07, 6.45) is 7.38. The molecule has 0 aromatic carbocycles. The molecule has 0 saturated carbocycles. The third-order valence-corrected chi connectivity index (χ3v) is 5.12. The van der Waals surface area contributed by atoms with Gasteiger partial charge in [-0.2, -0.15) is 0 Å². The number of ether oxygens (including phenoxy) is 1. The Morgan fingerprint density at radius 1 is 1.48 bits per heavy atom. The summed E-state index contributed by atoms with van der Waals surface area (Å²) in [4.78, 5) is 16.6. The second-order valence-electron chi connectivity index (χ2n) is 6.61. The summed E-state index contributed by atoms with van der Waals surface area (Å²) in [5.41, 5.74) is 0. The largest absolute Gasteiger partial charge is 0.378 e. The second-order valence-corrected chi connectivity index (χ2v) is 6.61. The van der Waals surface area contributed by atoms with Gasteiger partial charge >= 0.3 is 0 Å². The number of carbonyl (C=O) groups excluding carboxylic acids is 1. The van der Waals surface area contributed by atoms with Gasteiger partial charge in [-0.25, -0.2) is 0 Å². The number of rotatable bonds is 6. The van der Waals surface area contributed by atoms with Gasteiger partial charge in [-0.15, -0.1) is 0 Å². The normalized spacial score (nSPS) is 25.3. The number of hydrogen-bond donors (Lipinski definition) is 0. The van der Waals surface area contributed by atoms with Crippen molar-refractivity contribution in [2.75, 3.05) is 39.9 Å². The van der Waals surface area contributed by atoms with E-state index in [-0.39, 0.29) is 5.91 Å². The summed E-state index contributed by atoms with van der Waals surface area (Å²) in [6, 6.07) is 0.523. The van der Waals surface area contributed by atoms with Crippen LogP contribution in [0.5, 0.6) is 0 Å². The molecule has 2 atom stereocenters. The van der Waals surface area contributed by atoms with Crippen LogP contribution in [0.15, 0.2) is 12.2 Å². The summed E-state index contributed by atoms with van der Waals surface area (Å²) in [6.45, 7) is 8.87. The van der Waals surface area contributed by atoms with Crippen molar-refractivity contribution in [1.82, 2.24) is 9.80 Å². The summed E-state index contributed by atoms with van der Waals surface area (Å²) >= 11 is 0. The molecule has 0 bridgehead atoms. The van der Waals surface area contributed by atoms with Gasteiger partial charge in [0, 0.05) is 25.7 Å². The van der Waals surface area contributed by atoms with Crippen molar-refractivity contribution < 1.29 is 9.53 Å². The third-order valence-electron chi connectivity index (χ3n) is 5.12. The molecule has 0 aromatic heterocycles. The minimum Gasteiger partial charge on any atom is -0.378 e. The van der Waals surface area contributed by atoms with E-state index in [2.05, 4.69) is 25.8 Å². The first-order valence-electron chi connectivity index (χ1n) is 8.35. The Morgan fingerprint density at radius 3 is 2.86 bits per heavy atom. The summed E-state index contributed by atoms with van der Waals surface area (Å²) < 4.78 is 5.18. The minimum atomic E-state index is 0.182. The fourth-order valence-electron chi connectivity index (χ4n) is 3.06. The number of piperidine rings is 1. The SMILES string of the molecule is CCC(C)C1CCCN(C(=O)C=CCN(C)C2COC2)C1. The van der Waals surface area contributed by atoms with Crippen LogP contribution in [0.25, 0.3) is 0 Å². The predicted octanol–water partition coefficient (Wildman–Crippen LogP) is 2.16. The lowest BCUT2D eigenvalue weighted by atomic mass is 9.85. The molecule has 4 nitrogen and oxygen atoms in total. The number of hydrogen-bond acceptors (Lipinski definition) is 3. The number of amides is 1. The van der Waals surface area contributed by atoms with Crippen LogP contribution in [0.3, 0.4) is 0 Å². The van der Waals surface area contributed by atoms with Gasteiger partial charge in [0.25, 0.3) is 0 Å². The molecule has 120 valence electrons. The van der Waals surface area contributed by atoms with E-state index in [1.54, 1.807) is 6.08 Å². The van der Waals surface area contributed by atoms with E-state index in [4.69, 9.17) is 4.74 Å². The maximum Gasteiger partial charge on any atom is 0.246 e. The minimum absolute atomic E-state index is 0.182. The first-order chi connectivity index (χ1) is 10.1. The Balaban J connectivity index is 1.76. The average Bonchev–Trinajstić information content (AvgIpc) is 2.44. The molecule has 2 aliphatic heterocycles. The molecule has 0 aromatic rings. The van der Waals surface area contributed by atoms with Crippen molar-refractivity contribution in [1.29, 1.82) is 0 Å². The topological polar surface area (TPSA) is 32.8 Å². The molecule has 0 aliphatic carbocycles. The third kappa shape index (κ3) is 4.55. The molecular formula is C17H30N2O2. The standard InChI is InChI=1S/C17H30N2O2/c1-4-14(2)15-7-5-10-19(11-15)17(20)8-6-9-18(3)16-12-21-13-16/h6,8,14-16H,4-5,7,9-13H2,1-3H3. The zero-order valence-corrected chi connectivity index (χ0v) is 13.8. The molecular weight excluding hydrogens is 264 g/mol. The van der Waals surface area contributed by atoms with E-state index in [9.17, 15) is 4.79 Å². The average molecular weight is 294 g/mol. The molecule has 0 N–H and O–H groups in total. The highest BCUT2D eigenvalue weighted by Crippen LogP contribution is 2.25. The van der Waals surface area contributed by atoms with E-state index in [1.165, 1.54) is 12.8 Å². The molecule has 0 radical (unpaired) electrons. The first kappa shape index (κ1) is 16.5. The molecule has 2 unspecified atom stereocenters. The monoisotopic (exact) mass is 294 g/mol. The Bertz CT molecular complexity index is 366. The Kier molecular flexibility index (Phi) is 6.24. The van der Waals surface area contributed by atoms with E-state index in [0.717, 1.165) is 39.3 Å². The summed E-state index contributed by atoms with van der Waals surface area (Å²) in [7, 11) is 2.09. The van der Waals surface area contributed by atoms with E-state index >= 15 is 0 Å². The number of likely N-dealkylation sites (N-methyl/N-ethyl adjacent to an activating group) is 1. The van der Waals surface area contributed by atoms with Gasteiger partial charge in [-0.3, -0.25) is 9.69 Å². The van der Waals surface area contributed by atoms with Crippen LogP contribution >= 0.6 is 0 Å². The fraction of sp³-hybridized carbons (Fsp3) is 0.824. The van der Waals surface area contributed by atoms with Crippen molar-refractivity contribution in [2.45, 2.75) is 39.2 Å². The van der Waals surface area contributed by atoms with Crippen molar-refractivity contribution in [3.8, 4) is 0 Å². The maximum absolute atomic E-state index is 12.3. The van der Waals surface area contributed by atoms with Crippen LogP contribution in [0, 0.1) is 11.8 Å². The van der Waals surface area contributed by atoms with Gasteiger partial charge < -0.3 is 9.64 Å². The van der Waals surface area contributed by atoms with E-state index < -0.39 is 0 Å². The van der Waals surface area contributed by atoms with Gasteiger partial charge in [0.1, 0.15) is 0 Å². The number of nitrogens with zero attached hydrogens (tertiary/aromatic N) is 2. The first-order valence-corrected chi connectivity index (χ1v) is 8.35. The van der Waals surface area contributed by atoms with E-state index in [1.807, 2.05) is 11.0 Å². The Morgan fingerprint density at radius 2 is 2.24 bits per heavy atom. The maximum atomic E-state index is 12.3. The van der Waals surface area contributed by atoms with Crippen LogP contribution in [0.4, 0.5) is 0 Å². The smallest absolute Gasteiger partial charge is 0.246 e. The molecule has 21 heavy (non-hydrogen) atoms. The lowest BCUT2D eigenvalue weighted by Crippen LogP contribution is -2.47. The van der Waals surface area contributed by atoms with Gasteiger partial charge in [-0.05, 0) is 31.7 Å². The zero-order valence-electron chi connectivity index (χ0n) is 13.8. The molecule has 2 saturated heterocycles. The van der Waals surface area contributed by atoms with Crippen molar-refractivity contribution >= 4 is 5.91 Å². The molecule has 0 spiro atoms. The van der Waals surface area contributed by atoms with Crippen molar-refractivity contribution in [3.63, 3.8) is 0 Å². The summed E-state index contributed by atoms with van der Waals surface area (Å²) in [5.74, 6) is 1.58. The molecule has 2 heterocycles. The lowest BCUT2D eigenvalue weighted by Gasteiger charge is -2.35. The predicted molar refractivity (Wildman–Crippen MR) is 85.1 cm³/mol. The van der Waals surface area contributed by atoms with Crippen LogP contribution in [0.1, 0.15) is 33.1 Å². The number of carbonyl (C=O) groups is 1. The van der Waals surface area contributed by atoms with Crippen LogP contribution < -0.4 is 0 Å². The number of likely N-dealkylation sites (tertiary alicyclic amines) is 1. The van der Waals surface area contributed by atoms with Gasteiger partial charge in [0.2, 0.25) is 5.91 Å². The molecule has 2 rings (SSSR count). The Hall–Kier alpha value is -0.870. The highest BCUT2D eigenvalue weighted by molar-refractivity contribution is 5.87. The Labute approximate surface area is 129 Å². The van der Waals surface area contributed by atoms with Crippen molar-refractivity contribution in [2.24, 2.45) is 11.8 Å². The fourth-order valence-corrected chi connectivity index (χ4v) is 3.06. The van der Waals surface area contributed by atoms with Gasteiger partial charge in [0.05, 0.1) is 19.3 Å². The quantitative estimate of drug-likeness (QED) is 0.704. The van der Waals surface area contributed by atoms with Gasteiger partial charge in [-0.1, -0.05) is 26.3 Å². The molecule has 4 heteroatoms. The molecule has 2 aliphatic rings. The molecule has 2 fully saturated rings. The second kappa shape index (κ2) is 7.95. The molecule has 1 amide bonds. The van der Waals surface area contributed by atoms with E-state index in [0.29, 0.717) is 17.9 Å².